The van der Waals surface area contributed by atoms with Gasteiger partial charge in [0.25, 0.3) is 0 Å². The average molecular weight is 196 g/mol. The molecule has 0 aliphatic heterocycles. The van der Waals surface area contributed by atoms with Gasteiger partial charge in [-0.2, -0.15) is 0 Å². The maximum Gasteiger partial charge on any atom is 0.0491 e. The first kappa shape index (κ1) is 13.4. The SMILES string of the molecule is CC/C=C/C(C)C/C(C)=C/C(C)CO. The molecule has 14 heavy (non-hydrogen) atoms. The largest absolute Gasteiger partial charge is 0.396 e. The Kier molecular flexibility index (Phi) is 7.50. The van der Waals surface area contributed by atoms with Gasteiger partial charge < -0.3 is 5.11 Å². The molecule has 0 aliphatic carbocycles. The highest BCUT2D eigenvalue weighted by Crippen LogP contribution is 2.14. The van der Waals surface area contributed by atoms with Crippen LogP contribution in [0.4, 0.5) is 0 Å². The summed E-state index contributed by atoms with van der Waals surface area (Å²) in [5.41, 5.74) is 1.37. The highest BCUT2D eigenvalue weighted by atomic mass is 16.3. The fraction of sp³-hybridized carbons (Fsp3) is 0.692. The second kappa shape index (κ2) is 7.81. The lowest BCUT2D eigenvalue weighted by molar-refractivity contribution is 0.261. The van der Waals surface area contributed by atoms with Crippen LogP contribution in [0.1, 0.15) is 40.5 Å². The van der Waals surface area contributed by atoms with Crippen LogP contribution < -0.4 is 0 Å². The third kappa shape index (κ3) is 6.90. The summed E-state index contributed by atoms with van der Waals surface area (Å²) in [6, 6.07) is 0. The van der Waals surface area contributed by atoms with E-state index in [-0.39, 0.29) is 12.5 Å². The summed E-state index contributed by atoms with van der Waals surface area (Å²) < 4.78 is 0. The Morgan fingerprint density at radius 2 is 1.93 bits per heavy atom. The normalized spacial score (nSPS) is 17.4. The van der Waals surface area contributed by atoms with Crippen LogP contribution in [0, 0.1) is 11.8 Å². The predicted molar refractivity (Wildman–Crippen MR) is 63.2 cm³/mol. The Morgan fingerprint density at radius 3 is 2.43 bits per heavy atom. The van der Waals surface area contributed by atoms with Gasteiger partial charge in [0, 0.05) is 6.61 Å². The van der Waals surface area contributed by atoms with Crippen LogP contribution in [0.5, 0.6) is 0 Å². The summed E-state index contributed by atoms with van der Waals surface area (Å²) in [5, 5.41) is 8.90. The zero-order valence-corrected chi connectivity index (χ0v) is 9.96. The van der Waals surface area contributed by atoms with E-state index in [2.05, 4.69) is 39.0 Å². The van der Waals surface area contributed by atoms with Crippen molar-refractivity contribution in [3.05, 3.63) is 23.8 Å². The highest BCUT2D eigenvalue weighted by molar-refractivity contribution is 5.04. The molecule has 1 nitrogen and oxygen atoms in total. The second-order valence-corrected chi connectivity index (χ2v) is 4.19. The molecule has 0 aromatic carbocycles. The van der Waals surface area contributed by atoms with E-state index >= 15 is 0 Å². The zero-order valence-electron chi connectivity index (χ0n) is 9.96. The van der Waals surface area contributed by atoms with Crippen LogP contribution in [0.3, 0.4) is 0 Å². The van der Waals surface area contributed by atoms with Crippen molar-refractivity contribution in [1.82, 2.24) is 0 Å². The van der Waals surface area contributed by atoms with E-state index in [1.165, 1.54) is 5.57 Å². The second-order valence-electron chi connectivity index (χ2n) is 4.19. The molecule has 2 atom stereocenters. The average Bonchev–Trinajstić information content (AvgIpc) is 2.14. The van der Waals surface area contributed by atoms with Crippen LogP contribution in [0.2, 0.25) is 0 Å². The molecule has 0 fully saturated rings. The van der Waals surface area contributed by atoms with E-state index in [0.717, 1.165) is 12.8 Å². The van der Waals surface area contributed by atoms with Crippen LogP contribution in [0.15, 0.2) is 23.8 Å². The lowest BCUT2D eigenvalue weighted by Crippen LogP contribution is -1.98. The first-order chi connectivity index (χ1) is 6.60. The molecule has 0 heterocycles. The van der Waals surface area contributed by atoms with Gasteiger partial charge in [-0.1, -0.05) is 44.6 Å². The van der Waals surface area contributed by atoms with E-state index in [1.54, 1.807) is 0 Å². The van der Waals surface area contributed by atoms with Crippen LogP contribution in [-0.2, 0) is 0 Å². The predicted octanol–water partition coefficient (Wildman–Crippen LogP) is 3.55. The Labute approximate surface area is 88.5 Å². The van der Waals surface area contributed by atoms with Gasteiger partial charge in [-0.3, -0.25) is 0 Å². The Morgan fingerprint density at radius 1 is 1.29 bits per heavy atom. The molecule has 1 heteroatoms. The molecule has 0 aromatic rings. The molecular weight excluding hydrogens is 172 g/mol. The van der Waals surface area contributed by atoms with Gasteiger partial charge in [0.1, 0.15) is 0 Å². The maximum atomic E-state index is 8.90. The summed E-state index contributed by atoms with van der Waals surface area (Å²) in [4.78, 5) is 0. The fourth-order valence-corrected chi connectivity index (χ4v) is 1.55. The molecule has 82 valence electrons. The maximum absolute atomic E-state index is 8.90. The Balaban J connectivity index is 3.97. The molecule has 1 N–H and O–H groups in total. The van der Waals surface area contributed by atoms with Gasteiger partial charge in [0.2, 0.25) is 0 Å². The van der Waals surface area contributed by atoms with Crippen LogP contribution in [-0.4, -0.2) is 11.7 Å². The third-order valence-electron chi connectivity index (χ3n) is 2.20. The number of hydrogen-bond donors (Lipinski definition) is 1. The molecular formula is C13H24O. The van der Waals surface area contributed by atoms with Gasteiger partial charge in [0.15, 0.2) is 0 Å². The number of rotatable bonds is 6. The summed E-state index contributed by atoms with van der Waals surface area (Å²) in [7, 11) is 0. The third-order valence-corrected chi connectivity index (χ3v) is 2.20. The van der Waals surface area contributed by atoms with Crippen molar-refractivity contribution < 1.29 is 5.11 Å². The van der Waals surface area contributed by atoms with Crippen LogP contribution in [0.25, 0.3) is 0 Å². The molecule has 0 bridgehead atoms. The van der Waals surface area contributed by atoms with Crippen LogP contribution >= 0.6 is 0 Å². The van der Waals surface area contributed by atoms with Crippen molar-refractivity contribution in [2.24, 2.45) is 11.8 Å². The highest BCUT2D eigenvalue weighted by Gasteiger charge is 2.00. The minimum atomic E-state index is 0.247. The van der Waals surface area contributed by atoms with Gasteiger partial charge in [-0.25, -0.2) is 0 Å². The van der Waals surface area contributed by atoms with Crippen molar-refractivity contribution in [3.8, 4) is 0 Å². The first-order valence-corrected chi connectivity index (χ1v) is 5.55. The quantitative estimate of drug-likeness (QED) is 0.644. The van der Waals surface area contributed by atoms with Crippen molar-refractivity contribution in [1.29, 1.82) is 0 Å². The number of aliphatic hydroxyl groups excluding tert-OH is 1. The smallest absolute Gasteiger partial charge is 0.0491 e. The van der Waals surface area contributed by atoms with E-state index in [0.29, 0.717) is 5.92 Å². The molecule has 0 amide bonds. The fourth-order valence-electron chi connectivity index (χ4n) is 1.55. The molecule has 0 rings (SSSR count). The van der Waals surface area contributed by atoms with Crippen molar-refractivity contribution in [2.75, 3.05) is 6.61 Å². The summed E-state index contributed by atoms with van der Waals surface area (Å²) >= 11 is 0. The Hall–Kier alpha value is -0.560. The molecule has 0 aliphatic rings. The summed E-state index contributed by atoms with van der Waals surface area (Å²) in [5.74, 6) is 0.898. The van der Waals surface area contributed by atoms with Gasteiger partial charge >= 0.3 is 0 Å². The van der Waals surface area contributed by atoms with E-state index in [1.807, 2.05) is 6.92 Å². The topological polar surface area (TPSA) is 20.2 Å². The van der Waals surface area contributed by atoms with E-state index in [4.69, 9.17) is 5.11 Å². The molecule has 0 aromatic heterocycles. The molecule has 2 unspecified atom stereocenters. The van der Waals surface area contributed by atoms with Crippen molar-refractivity contribution in [3.63, 3.8) is 0 Å². The standard InChI is InChI=1S/C13H24O/c1-5-6-7-11(2)8-12(3)9-13(4)10-14/h6-7,9,11,13-14H,5,8,10H2,1-4H3/b7-6+,12-9+. The van der Waals surface area contributed by atoms with Gasteiger partial charge in [-0.15, -0.1) is 0 Å². The number of allylic oxidation sites excluding steroid dienone is 3. The number of aliphatic hydroxyl groups is 1. The monoisotopic (exact) mass is 196 g/mol. The first-order valence-electron chi connectivity index (χ1n) is 5.55. The molecule has 0 radical (unpaired) electrons. The Bertz CT molecular complexity index is 191. The lowest BCUT2D eigenvalue weighted by Gasteiger charge is -2.08. The van der Waals surface area contributed by atoms with Crippen molar-refractivity contribution >= 4 is 0 Å². The van der Waals surface area contributed by atoms with Crippen molar-refractivity contribution in [2.45, 2.75) is 40.5 Å². The molecule has 0 spiro atoms. The van der Waals surface area contributed by atoms with E-state index < -0.39 is 0 Å². The minimum absolute atomic E-state index is 0.247. The number of hydrogen-bond acceptors (Lipinski definition) is 1. The molecule has 0 saturated carbocycles. The summed E-state index contributed by atoms with van der Waals surface area (Å²) in [6.45, 7) is 8.81. The van der Waals surface area contributed by atoms with Gasteiger partial charge in [-0.05, 0) is 31.6 Å². The van der Waals surface area contributed by atoms with Gasteiger partial charge in [0.05, 0.1) is 0 Å². The minimum Gasteiger partial charge on any atom is -0.396 e. The molecule has 0 saturated heterocycles. The van der Waals surface area contributed by atoms with E-state index in [9.17, 15) is 0 Å². The zero-order chi connectivity index (χ0) is 11.0. The summed E-state index contributed by atoms with van der Waals surface area (Å²) in [6.07, 6.45) is 8.85. The lowest BCUT2D eigenvalue weighted by atomic mass is 9.98.